The molecule has 3 aromatic rings. The highest BCUT2D eigenvalue weighted by atomic mass is 127. The molecule has 1 amide bonds. The van der Waals surface area contributed by atoms with Crippen LogP contribution in [0.2, 0.25) is 0 Å². The molecule has 262 valence electrons. The summed E-state index contributed by atoms with van der Waals surface area (Å²) in [5.74, 6) is -4.60. The number of phenols is 1. The fraction of sp³-hybridized carbons (Fsp3) is 0.342. The molecule has 0 radical (unpaired) electrons. The number of hydrogen-bond acceptors (Lipinski definition) is 10. The molecule has 7 N–H and O–H groups in total. The van der Waals surface area contributed by atoms with E-state index in [1.54, 1.807) is 34.2 Å². The third kappa shape index (κ3) is 5.22. The smallest absolute Gasteiger partial charge is 0.255 e. The molecule has 50 heavy (non-hydrogen) atoms. The third-order valence-electron chi connectivity index (χ3n) is 10.6. The lowest BCUT2D eigenvalue weighted by atomic mass is 9.46. The van der Waals surface area contributed by atoms with Crippen LogP contribution in [-0.4, -0.2) is 75.6 Å². The summed E-state index contributed by atoms with van der Waals surface area (Å²) in [5.41, 5.74) is 2.78. The van der Waals surface area contributed by atoms with Crippen molar-refractivity contribution in [2.24, 2.45) is 16.6 Å². The van der Waals surface area contributed by atoms with Crippen molar-refractivity contribution < 1.29 is 39.5 Å². The average Bonchev–Trinajstić information content (AvgIpc) is 3.02. The van der Waals surface area contributed by atoms with Gasteiger partial charge in [-0.3, -0.25) is 19.3 Å². The van der Waals surface area contributed by atoms with E-state index in [-0.39, 0.29) is 29.7 Å². The Morgan fingerprint density at radius 3 is 2.32 bits per heavy atom. The van der Waals surface area contributed by atoms with Crippen molar-refractivity contribution in [1.82, 2.24) is 10.2 Å². The Morgan fingerprint density at radius 2 is 1.70 bits per heavy atom. The van der Waals surface area contributed by atoms with Gasteiger partial charge >= 0.3 is 0 Å². The molecule has 1 unspecified atom stereocenters. The number of aliphatic hydroxyl groups is 3. The molecular formula is C38H40IN3O8. The van der Waals surface area contributed by atoms with Crippen molar-refractivity contribution in [3.05, 3.63) is 97.3 Å². The summed E-state index contributed by atoms with van der Waals surface area (Å²) >= 11 is 2.28. The number of ketones is 2. The van der Waals surface area contributed by atoms with Crippen molar-refractivity contribution in [3.8, 4) is 22.6 Å². The second-order valence-corrected chi connectivity index (χ2v) is 15.4. The molecule has 0 heterocycles. The Hall–Kier alpha value is -4.24. The van der Waals surface area contributed by atoms with Gasteiger partial charge in [-0.2, -0.15) is 0 Å². The van der Waals surface area contributed by atoms with Gasteiger partial charge < -0.3 is 36.2 Å². The topological polar surface area (TPSA) is 183 Å². The first kappa shape index (κ1) is 35.6. The molecule has 11 nitrogen and oxygen atoms in total. The molecule has 0 bridgehead atoms. The van der Waals surface area contributed by atoms with Gasteiger partial charge in [0.15, 0.2) is 11.4 Å². The van der Waals surface area contributed by atoms with E-state index >= 15 is 0 Å². The number of rotatable bonds is 8. The lowest BCUT2D eigenvalue weighted by molar-refractivity contribution is -0.175. The number of hydrogen-bond donors (Lipinski definition) is 6. The van der Waals surface area contributed by atoms with E-state index in [1.165, 1.54) is 17.9 Å². The number of carbonyl (C=O) groups is 3. The molecule has 6 rings (SSSR count). The number of aromatic hydroxyl groups is 1. The first-order chi connectivity index (χ1) is 23.5. The third-order valence-corrected chi connectivity index (χ3v) is 11.3. The number of primary amides is 1. The second kappa shape index (κ2) is 12.5. The number of halogens is 1. The summed E-state index contributed by atoms with van der Waals surface area (Å²) < 4.78 is 6.92. The highest BCUT2D eigenvalue weighted by Crippen LogP contribution is 2.63. The number of ether oxygens (including phenoxy) is 1. The van der Waals surface area contributed by atoms with E-state index in [1.807, 2.05) is 30.3 Å². The van der Waals surface area contributed by atoms with Crippen LogP contribution in [0.1, 0.15) is 42.5 Å². The number of aliphatic hydroxyl groups excluding tert-OH is 2. The minimum Gasteiger partial charge on any atom is -0.508 e. The number of likely N-dealkylation sites (N-methyl/N-ethyl adjacent to an activating group) is 1. The van der Waals surface area contributed by atoms with E-state index in [9.17, 15) is 34.8 Å². The lowest BCUT2D eigenvalue weighted by Gasteiger charge is -2.59. The number of fused-ring (bicyclic) bond motifs is 3. The van der Waals surface area contributed by atoms with Crippen LogP contribution in [0.4, 0.5) is 0 Å². The second-order valence-electron chi connectivity index (χ2n) is 14.2. The molecule has 3 aliphatic rings. The van der Waals surface area contributed by atoms with E-state index in [0.29, 0.717) is 35.5 Å². The molecule has 0 aromatic heterocycles. The minimum absolute atomic E-state index is 0.00873. The summed E-state index contributed by atoms with van der Waals surface area (Å²) in [6.07, 6.45) is 0.0447. The lowest BCUT2D eigenvalue weighted by Crippen LogP contribution is -2.72. The first-order valence-electron chi connectivity index (χ1n) is 16.1. The Balaban J connectivity index is 1.49. The van der Waals surface area contributed by atoms with Gasteiger partial charge in [0, 0.05) is 38.6 Å². The zero-order valence-electron chi connectivity index (χ0n) is 28.4. The van der Waals surface area contributed by atoms with Gasteiger partial charge in [0.2, 0.25) is 5.78 Å². The summed E-state index contributed by atoms with van der Waals surface area (Å²) in [6.45, 7) is 4.48. The number of nitrogens with two attached hydrogens (primary N) is 1. The van der Waals surface area contributed by atoms with Crippen molar-refractivity contribution in [2.75, 3.05) is 21.2 Å². The zero-order chi connectivity index (χ0) is 36.5. The predicted molar refractivity (Wildman–Crippen MR) is 195 cm³/mol. The Kier molecular flexibility index (Phi) is 8.91. The van der Waals surface area contributed by atoms with Gasteiger partial charge in [0.25, 0.3) is 5.91 Å². The Labute approximate surface area is 303 Å². The van der Waals surface area contributed by atoms with Crippen LogP contribution in [0.5, 0.6) is 11.5 Å². The van der Waals surface area contributed by atoms with E-state index < -0.39 is 57.0 Å². The largest absolute Gasteiger partial charge is 0.508 e. The summed E-state index contributed by atoms with van der Waals surface area (Å²) in [7, 11) is 4.71. The molecule has 1 fully saturated rings. The standard InChI is InChI=1S/C38H40IN3O8/c1-36-15-24-22(23-14-20(9-12-26(23)50-5)17-41-16-19-7-6-8-21(39)13-19)10-11-25(43)27(24)30(44)29(36)34(47)38(49)33(46)28(35(40)48)31(45)32(42(3)4)37(38,2)18-36/h6-14,32,41,43-44,46,49H,15-18H2,1-5H3,(H2,40,48)/t32?,36-,37-,38+/m0/s1. The van der Waals surface area contributed by atoms with Crippen LogP contribution < -0.4 is 15.8 Å². The first-order valence-corrected chi connectivity index (χ1v) is 17.2. The van der Waals surface area contributed by atoms with Crippen molar-refractivity contribution in [2.45, 2.75) is 51.4 Å². The van der Waals surface area contributed by atoms with Crippen molar-refractivity contribution in [1.29, 1.82) is 0 Å². The number of Topliss-reactive ketones (excluding diaryl/α,β-unsaturated/α-hetero) is 2. The maximum Gasteiger partial charge on any atom is 0.255 e. The fourth-order valence-electron chi connectivity index (χ4n) is 8.65. The van der Waals surface area contributed by atoms with Gasteiger partial charge in [-0.05, 0) is 102 Å². The summed E-state index contributed by atoms with van der Waals surface area (Å²) in [6, 6.07) is 15.9. The van der Waals surface area contributed by atoms with Crippen LogP contribution in [0.25, 0.3) is 16.9 Å². The Morgan fingerprint density at radius 1 is 1.02 bits per heavy atom. The van der Waals surface area contributed by atoms with Crippen LogP contribution in [0.15, 0.2) is 71.5 Å². The normalized spacial score (nSPS) is 26.1. The molecular weight excluding hydrogens is 753 g/mol. The van der Waals surface area contributed by atoms with Crippen LogP contribution in [0, 0.1) is 14.4 Å². The highest BCUT2D eigenvalue weighted by Gasteiger charge is 2.72. The molecule has 3 aliphatic carbocycles. The molecule has 12 heteroatoms. The monoisotopic (exact) mass is 793 g/mol. The molecule has 0 saturated heterocycles. The van der Waals surface area contributed by atoms with Gasteiger partial charge in [-0.25, -0.2) is 0 Å². The van der Waals surface area contributed by atoms with Gasteiger partial charge in [0.05, 0.1) is 18.7 Å². The van der Waals surface area contributed by atoms with Gasteiger partial charge in [-0.1, -0.05) is 38.1 Å². The summed E-state index contributed by atoms with van der Waals surface area (Å²) in [4.78, 5) is 42.2. The van der Waals surface area contributed by atoms with Crippen molar-refractivity contribution >= 4 is 45.8 Å². The summed E-state index contributed by atoms with van der Waals surface area (Å²) in [5, 5.41) is 50.1. The number of methoxy groups -OCH3 is 1. The van der Waals surface area contributed by atoms with Crippen LogP contribution >= 0.6 is 22.6 Å². The van der Waals surface area contributed by atoms with E-state index in [4.69, 9.17) is 10.5 Å². The number of phenolic OH excluding ortho intramolecular Hbond substituents is 1. The van der Waals surface area contributed by atoms with Crippen LogP contribution in [-0.2, 0) is 33.9 Å². The van der Waals surface area contributed by atoms with Crippen LogP contribution in [0.3, 0.4) is 0 Å². The highest BCUT2D eigenvalue weighted by molar-refractivity contribution is 14.1. The number of amides is 1. The van der Waals surface area contributed by atoms with E-state index in [2.05, 4.69) is 40.0 Å². The fourth-order valence-corrected chi connectivity index (χ4v) is 9.26. The quantitative estimate of drug-likeness (QED) is 0.142. The Bertz CT molecular complexity index is 2040. The molecule has 0 spiro atoms. The van der Waals surface area contributed by atoms with Gasteiger partial charge in [0.1, 0.15) is 28.6 Å². The van der Waals surface area contributed by atoms with Gasteiger partial charge in [-0.15, -0.1) is 0 Å². The predicted octanol–water partition coefficient (Wildman–Crippen LogP) is 4.31. The molecule has 1 saturated carbocycles. The average molecular weight is 794 g/mol. The van der Waals surface area contributed by atoms with E-state index in [0.717, 1.165) is 14.7 Å². The number of nitrogens with zero attached hydrogens (tertiary/aromatic N) is 1. The number of carbonyl (C=O) groups excluding carboxylic acids is 3. The number of nitrogens with one attached hydrogen (secondary N) is 1. The zero-order valence-corrected chi connectivity index (χ0v) is 30.6. The molecule has 0 aliphatic heterocycles. The SMILES string of the molecule is COc1ccc(CNCc2cccc(I)c2)cc1-c1ccc(O)c2c1C[C@@]1(C)C[C@@]3(C)C(N(C)C)C(=O)C(C(N)=O)=C(O)[C@@]3(O)C(=O)C1=C2O. The number of benzene rings is 3. The minimum atomic E-state index is -2.78. The van der Waals surface area contributed by atoms with Crippen molar-refractivity contribution in [3.63, 3.8) is 0 Å². The maximum absolute atomic E-state index is 14.6. The maximum atomic E-state index is 14.6. The molecule has 4 atom stereocenters. The molecule has 3 aromatic carbocycles.